The first-order chi connectivity index (χ1) is 13.9. The Morgan fingerprint density at radius 1 is 1.14 bits per heavy atom. The van der Waals surface area contributed by atoms with E-state index in [1.807, 2.05) is 4.90 Å². The molecule has 0 bridgehead atoms. The van der Waals surface area contributed by atoms with Crippen LogP contribution in [0.1, 0.15) is 20.9 Å². The molecule has 0 saturated carbocycles. The molecule has 1 aliphatic rings. The summed E-state index contributed by atoms with van der Waals surface area (Å²) in [5, 5.41) is 11.4. The largest absolute Gasteiger partial charge is 0.493 e. The summed E-state index contributed by atoms with van der Waals surface area (Å²) in [6.07, 6.45) is 1.44. The fourth-order valence-electron chi connectivity index (χ4n) is 3.19. The Kier molecular flexibility index (Phi) is 6.13. The number of nitro benzene ring substituents is 1. The normalized spacial score (nSPS) is 14.5. The molecule has 3 rings (SSSR count). The lowest BCUT2D eigenvalue weighted by Gasteiger charge is -2.34. The highest BCUT2D eigenvalue weighted by Crippen LogP contribution is 2.35. The molecule has 1 aromatic heterocycles. The molecule has 29 heavy (non-hydrogen) atoms. The SMILES string of the molecule is COc1cc(C(=O)N2CCN(CC(=O)c3ccco3)CC2)c([N+](=O)[O-])cc1OC. The number of carbonyl (C=O) groups is 2. The molecule has 1 amide bonds. The summed E-state index contributed by atoms with van der Waals surface area (Å²) < 4.78 is 15.4. The summed E-state index contributed by atoms with van der Waals surface area (Å²) in [6, 6.07) is 5.77. The molecule has 10 heteroatoms. The second-order valence-electron chi connectivity index (χ2n) is 6.45. The van der Waals surface area contributed by atoms with E-state index in [4.69, 9.17) is 13.9 Å². The molecule has 1 saturated heterocycles. The maximum Gasteiger partial charge on any atom is 0.286 e. The number of amides is 1. The van der Waals surface area contributed by atoms with Crippen LogP contribution in [0.3, 0.4) is 0 Å². The highest BCUT2D eigenvalue weighted by Gasteiger charge is 2.30. The summed E-state index contributed by atoms with van der Waals surface area (Å²) in [5.74, 6) is 0.116. The Balaban J connectivity index is 1.70. The third kappa shape index (κ3) is 4.37. The minimum atomic E-state index is -0.618. The standard InChI is InChI=1S/C19H21N3O7/c1-27-17-10-13(14(22(25)26)11-18(17)28-2)19(24)21-7-5-20(6-8-21)12-15(23)16-4-3-9-29-16/h3-4,9-11H,5-8,12H2,1-2H3. The Morgan fingerprint density at radius 2 is 1.79 bits per heavy atom. The van der Waals surface area contributed by atoms with Crippen LogP contribution in [0, 0.1) is 10.1 Å². The van der Waals surface area contributed by atoms with E-state index in [0.717, 1.165) is 0 Å². The number of rotatable bonds is 7. The lowest BCUT2D eigenvalue weighted by molar-refractivity contribution is -0.385. The number of Topliss-reactive ketones (excluding diaryl/α,β-unsaturated/α-hetero) is 1. The van der Waals surface area contributed by atoms with Crippen molar-refractivity contribution in [3.05, 3.63) is 52.0 Å². The molecule has 154 valence electrons. The summed E-state index contributed by atoms with van der Waals surface area (Å²) in [4.78, 5) is 39.4. The van der Waals surface area contributed by atoms with Crippen molar-refractivity contribution in [2.24, 2.45) is 0 Å². The first kappa shape index (κ1) is 20.3. The predicted octanol–water partition coefficient (Wildman–Crippen LogP) is 1.85. The van der Waals surface area contributed by atoms with Crippen LogP contribution in [0.2, 0.25) is 0 Å². The number of benzene rings is 1. The van der Waals surface area contributed by atoms with E-state index in [1.165, 1.54) is 37.5 Å². The molecule has 0 aliphatic carbocycles. The smallest absolute Gasteiger partial charge is 0.286 e. The van der Waals surface area contributed by atoms with E-state index in [1.54, 1.807) is 12.1 Å². The van der Waals surface area contributed by atoms with Crippen molar-refractivity contribution >= 4 is 17.4 Å². The molecule has 0 radical (unpaired) electrons. The van der Waals surface area contributed by atoms with E-state index in [-0.39, 0.29) is 35.1 Å². The number of ketones is 1. The van der Waals surface area contributed by atoms with E-state index in [2.05, 4.69) is 0 Å². The van der Waals surface area contributed by atoms with E-state index in [9.17, 15) is 19.7 Å². The number of hydrogen-bond acceptors (Lipinski definition) is 8. The van der Waals surface area contributed by atoms with Crippen molar-refractivity contribution in [1.29, 1.82) is 0 Å². The van der Waals surface area contributed by atoms with Crippen molar-refractivity contribution in [2.45, 2.75) is 0 Å². The summed E-state index contributed by atoms with van der Waals surface area (Å²) >= 11 is 0. The molecule has 10 nitrogen and oxygen atoms in total. The zero-order valence-electron chi connectivity index (χ0n) is 16.1. The summed E-state index contributed by atoms with van der Waals surface area (Å²) in [5.41, 5.74) is -0.407. The van der Waals surface area contributed by atoms with Crippen LogP contribution in [0.5, 0.6) is 11.5 Å². The number of piperazine rings is 1. The quantitative estimate of drug-likeness (QED) is 0.391. The van der Waals surface area contributed by atoms with Gasteiger partial charge in [0.1, 0.15) is 5.56 Å². The van der Waals surface area contributed by atoms with Crippen molar-refractivity contribution in [1.82, 2.24) is 9.80 Å². The fraction of sp³-hybridized carbons (Fsp3) is 0.368. The number of nitro groups is 1. The predicted molar refractivity (Wildman–Crippen MR) is 102 cm³/mol. The molecule has 0 spiro atoms. The van der Waals surface area contributed by atoms with Gasteiger partial charge >= 0.3 is 0 Å². The van der Waals surface area contributed by atoms with E-state index >= 15 is 0 Å². The van der Waals surface area contributed by atoms with Crippen LogP contribution >= 0.6 is 0 Å². The average Bonchev–Trinajstić information content (AvgIpc) is 3.27. The van der Waals surface area contributed by atoms with Crippen LogP contribution in [0.25, 0.3) is 0 Å². The Hall–Kier alpha value is -3.40. The highest BCUT2D eigenvalue weighted by molar-refractivity contribution is 5.99. The van der Waals surface area contributed by atoms with Crippen molar-refractivity contribution in [2.75, 3.05) is 46.9 Å². The van der Waals surface area contributed by atoms with Crippen LogP contribution in [-0.2, 0) is 0 Å². The molecule has 1 fully saturated rings. The number of carbonyl (C=O) groups excluding carboxylic acids is 2. The summed E-state index contributed by atoms with van der Waals surface area (Å²) in [6.45, 7) is 1.82. The molecule has 2 heterocycles. The monoisotopic (exact) mass is 403 g/mol. The molecule has 2 aromatic rings. The molecule has 0 atom stereocenters. The van der Waals surface area contributed by atoms with Crippen LogP contribution in [-0.4, -0.2) is 73.4 Å². The number of methoxy groups -OCH3 is 2. The van der Waals surface area contributed by atoms with E-state index in [0.29, 0.717) is 31.9 Å². The van der Waals surface area contributed by atoms with Gasteiger partial charge in [-0.3, -0.25) is 24.6 Å². The lowest BCUT2D eigenvalue weighted by atomic mass is 10.1. The minimum Gasteiger partial charge on any atom is -0.493 e. The fourth-order valence-corrected chi connectivity index (χ4v) is 3.19. The van der Waals surface area contributed by atoms with Gasteiger partial charge in [-0.2, -0.15) is 0 Å². The third-order valence-corrected chi connectivity index (χ3v) is 4.75. The zero-order valence-corrected chi connectivity index (χ0v) is 16.1. The first-order valence-corrected chi connectivity index (χ1v) is 8.93. The van der Waals surface area contributed by atoms with Gasteiger partial charge in [0.25, 0.3) is 11.6 Å². The molecular formula is C19H21N3O7. The van der Waals surface area contributed by atoms with Gasteiger partial charge in [-0.1, -0.05) is 0 Å². The molecule has 0 N–H and O–H groups in total. The molecular weight excluding hydrogens is 382 g/mol. The van der Waals surface area contributed by atoms with E-state index < -0.39 is 10.8 Å². The highest BCUT2D eigenvalue weighted by atomic mass is 16.6. The van der Waals surface area contributed by atoms with Crippen molar-refractivity contribution < 1.29 is 28.4 Å². The zero-order chi connectivity index (χ0) is 21.0. The van der Waals surface area contributed by atoms with Gasteiger partial charge in [0.2, 0.25) is 5.78 Å². The van der Waals surface area contributed by atoms with Gasteiger partial charge in [-0.15, -0.1) is 0 Å². The van der Waals surface area contributed by atoms with Gasteiger partial charge in [-0.05, 0) is 12.1 Å². The third-order valence-electron chi connectivity index (χ3n) is 4.75. The van der Waals surface area contributed by atoms with Crippen LogP contribution in [0.4, 0.5) is 5.69 Å². The molecule has 1 aliphatic heterocycles. The van der Waals surface area contributed by atoms with Gasteiger partial charge in [0.15, 0.2) is 17.3 Å². The van der Waals surface area contributed by atoms with Crippen molar-refractivity contribution in [3.63, 3.8) is 0 Å². The lowest BCUT2D eigenvalue weighted by Crippen LogP contribution is -2.50. The van der Waals surface area contributed by atoms with Gasteiger partial charge in [-0.25, -0.2) is 0 Å². The van der Waals surface area contributed by atoms with Crippen LogP contribution < -0.4 is 9.47 Å². The maximum atomic E-state index is 12.9. The number of nitrogens with zero attached hydrogens (tertiary/aromatic N) is 3. The Labute approximate surface area is 166 Å². The van der Waals surface area contributed by atoms with Gasteiger partial charge in [0.05, 0.1) is 38.0 Å². The average molecular weight is 403 g/mol. The Morgan fingerprint density at radius 3 is 2.34 bits per heavy atom. The maximum absolute atomic E-state index is 12.9. The number of furan rings is 1. The second kappa shape index (κ2) is 8.74. The first-order valence-electron chi connectivity index (χ1n) is 8.93. The molecule has 0 unspecified atom stereocenters. The topological polar surface area (TPSA) is 115 Å². The van der Waals surface area contributed by atoms with Gasteiger partial charge in [0, 0.05) is 32.2 Å². The van der Waals surface area contributed by atoms with Crippen molar-refractivity contribution in [3.8, 4) is 11.5 Å². The molecule has 1 aromatic carbocycles. The minimum absolute atomic E-state index is 0.0623. The number of ether oxygens (including phenoxy) is 2. The van der Waals surface area contributed by atoms with Gasteiger partial charge < -0.3 is 18.8 Å². The van der Waals surface area contributed by atoms with Crippen LogP contribution in [0.15, 0.2) is 34.9 Å². The second-order valence-corrected chi connectivity index (χ2v) is 6.45. The summed E-state index contributed by atoms with van der Waals surface area (Å²) in [7, 11) is 2.76. The Bertz CT molecular complexity index is 903. The number of hydrogen-bond donors (Lipinski definition) is 0.